The number of hydrogen-bond acceptors (Lipinski definition) is 4. The van der Waals surface area contributed by atoms with Gasteiger partial charge in [-0.3, -0.25) is 4.79 Å². The van der Waals surface area contributed by atoms with E-state index in [9.17, 15) is 13.2 Å². The normalized spacial score (nSPS) is 10.5. The molecule has 6 heteroatoms. The molecule has 1 rings (SSSR count). The molecule has 15 heavy (non-hydrogen) atoms. The summed E-state index contributed by atoms with van der Waals surface area (Å²) in [5.41, 5.74) is 0.278. The Morgan fingerprint density at radius 1 is 1.33 bits per heavy atom. The predicted molar refractivity (Wildman–Crippen MR) is 58.9 cm³/mol. The van der Waals surface area contributed by atoms with Gasteiger partial charge in [-0.2, -0.15) is 4.99 Å². The molecule has 0 fully saturated rings. The third-order valence-corrected chi connectivity index (χ3v) is 2.90. The number of aliphatic imine (C=N–C) groups is 1. The van der Waals surface area contributed by atoms with Gasteiger partial charge in [-0.05, 0) is 36.5 Å². The average molecular weight is 241 g/mol. The summed E-state index contributed by atoms with van der Waals surface area (Å²) in [7, 11) is -3.24. The van der Waals surface area contributed by atoms with Crippen LogP contribution in [0.5, 0.6) is 0 Å². The predicted octanol–water partition coefficient (Wildman–Crippen LogP) is 1.33. The highest BCUT2D eigenvalue weighted by molar-refractivity contribution is 7.90. The van der Waals surface area contributed by atoms with Crippen molar-refractivity contribution in [3.05, 3.63) is 29.8 Å². The van der Waals surface area contributed by atoms with E-state index < -0.39 is 15.7 Å². The van der Waals surface area contributed by atoms with Crippen LogP contribution in [0.25, 0.3) is 0 Å². The molecule has 0 heterocycles. The molecule has 0 aromatic heterocycles. The molecule has 4 nitrogen and oxygen atoms in total. The lowest BCUT2D eigenvalue weighted by molar-refractivity contribution is 0.100. The Balaban J connectivity index is 3.11. The number of benzene rings is 1. The van der Waals surface area contributed by atoms with E-state index in [0.717, 1.165) is 6.26 Å². The fraction of sp³-hybridized carbons (Fsp3) is 0.111. The van der Waals surface area contributed by atoms with Gasteiger partial charge in [0, 0.05) is 11.8 Å². The van der Waals surface area contributed by atoms with Crippen molar-refractivity contribution in [3.63, 3.8) is 0 Å². The standard InChI is InChI=1S/C9H7NO3S2/c1-15(12,13)8-4-2-7(3-5-8)9(11)10-6-14/h2-5H,1H3. The van der Waals surface area contributed by atoms with Crippen molar-refractivity contribution in [2.75, 3.05) is 6.26 Å². The first kappa shape index (κ1) is 11.7. The average Bonchev–Trinajstić information content (AvgIpc) is 2.17. The van der Waals surface area contributed by atoms with E-state index in [4.69, 9.17) is 0 Å². The molecule has 0 aliphatic rings. The molecule has 0 aliphatic carbocycles. The summed E-state index contributed by atoms with van der Waals surface area (Å²) in [5.74, 6) is -0.537. The van der Waals surface area contributed by atoms with E-state index in [0.29, 0.717) is 0 Å². The van der Waals surface area contributed by atoms with Crippen LogP contribution < -0.4 is 0 Å². The minimum atomic E-state index is -3.24. The minimum Gasteiger partial charge on any atom is -0.266 e. The van der Waals surface area contributed by atoms with Gasteiger partial charge < -0.3 is 0 Å². The fourth-order valence-corrected chi connectivity index (χ4v) is 1.66. The summed E-state index contributed by atoms with van der Waals surface area (Å²) >= 11 is 4.28. The molecule has 0 bridgehead atoms. The van der Waals surface area contributed by atoms with Crippen molar-refractivity contribution in [1.29, 1.82) is 0 Å². The van der Waals surface area contributed by atoms with Crippen LogP contribution in [0.15, 0.2) is 34.2 Å². The van der Waals surface area contributed by atoms with Crippen molar-refractivity contribution < 1.29 is 13.2 Å². The first-order valence-corrected chi connectivity index (χ1v) is 6.17. The molecular formula is C9H7NO3S2. The number of hydrogen-bond donors (Lipinski definition) is 0. The number of amides is 1. The summed E-state index contributed by atoms with van der Waals surface area (Å²) in [6.45, 7) is 0. The number of isothiocyanates is 1. The zero-order chi connectivity index (χ0) is 11.5. The maximum Gasteiger partial charge on any atom is 0.285 e. The molecule has 0 unspecified atom stereocenters. The SMILES string of the molecule is CS(=O)(=O)c1ccc(C(=O)N=C=S)cc1. The van der Waals surface area contributed by atoms with Gasteiger partial charge in [0.1, 0.15) is 0 Å². The highest BCUT2D eigenvalue weighted by Gasteiger charge is 2.08. The topological polar surface area (TPSA) is 63.6 Å². The smallest absolute Gasteiger partial charge is 0.266 e. The molecular weight excluding hydrogens is 234 g/mol. The van der Waals surface area contributed by atoms with E-state index >= 15 is 0 Å². The first-order valence-electron chi connectivity index (χ1n) is 3.87. The zero-order valence-electron chi connectivity index (χ0n) is 7.80. The van der Waals surface area contributed by atoms with Gasteiger partial charge in [0.25, 0.3) is 5.91 Å². The summed E-state index contributed by atoms with van der Waals surface area (Å²) in [6.07, 6.45) is 1.10. The number of sulfone groups is 1. The Hall–Kier alpha value is -1.36. The number of carbonyl (C=O) groups is 1. The summed E-state index contributed by atoms with van der Waals surface area (Å²) in [6, 6.07) is 5.46. The molecule has 0 spiro atoms. The second kappa shape index (κ2) is 4.44. The summed E-state index contributed by atoms with van der Waals surface area (Å²) < 4.78 is 22.2. The largest absolute Gasteiger partial charge is 0.285 e. The Bertz CT molecular complexity index is 525. The highest BCUT2D eigenvalue weighted by Crippen LogP contribution is 2.10. The molecule has 1 aromatic carbocycles. The van der Waals surface area contributed by atoms with Gasteiger partial charge in [-0.15, -0.1) is 0 Å². The lowest BCUT2D eigenvalue weighted by Gasteiger charge is -1.98. The molecule has 0 aliphatic heterocycles. The molecule has 0 saturated heterocycles. The third-order valence-electron chi connectivity index (χ3n) is 1.68. The van der Waals surface area contributed by atoms with Crippen molar-refractivity contribution in [2.45, 2.75) is 4.90 Å². The minimum absolute atomic E-state index is 0.158. The van der Waals surface area contributed by atoms with E-state index in [-0.39, 0.29) is 10.5 Å². The highest BCUT2D eigenvalue weighted by atomic mass is 32.2. The van der Waals surface area contributed by atoms with Crippen LogP contribution in [0, 0.1) is 0 Å². The van der Waals surface area contributed by atoms with E-state index in [1.165, 1.54) is 24.3 Å². The Morgan fingerprint density at radius 2 is 1.87 bits per heavy atom. The lowest BCUT2D eigenvalue weighted by Crippen LogP contribution is -1.99. The van der Waals surface area contributed by atoms with E-state index in [1.807, 2.05) is 5.16 Å². The molecule has 0 N–H and O–H groups in total. The third kappa shape index (κ3) is 3.06. The molecule has 1 aromatic rings. The zero-order valence-corrected chi connectivity index (χ0v) is 9.43. The number of nitrogens with zero attached hydrogens (tertiary/aromatic N) is 1. The van der Waals surface area contributed by atoms with Crippen LogP contribution in [0.4, 0.5) is 0 Å². The van der Waals surface area contributed by atoms with Crippen LogP contribution in [-0.4, -0.2) is 25.7 Å². The number of rotatable bonds is 2. The van der Waals surface area contributed by atoms with E-state index in [2.05, 4.69) is 17.2 Å². The quantitative estimate of drug-likeness (QED) is 0.579. The van der Waals surface area contributed by atoms with Gasteiger partial charge in [0.2, 0.25) is 0 Å². The van der Waals surface area contributed by atoms with Crippen molar-refractivity contribution >= 4 is 33.1 Å². The Labute approximate surface area is 92.6 Å². The maximum atomic E-state index is 11.2. The van der Waals surface area contributed by atoms with Gasteiger partial charge in [0.15, 0.2) is 9.84 Å². The second-order valence-electron chi connectivity index (χ2n) is 2.80. The van der Waals surface area contributed by atoms with Crippen LogP contribution >= 0.6 is 12.2 Å². The summed E-state index contributed by atoms with van der Waals surface area (Å²) in [4.78, 5) is 14.6. The molecule has 0 saturated carbocycles. The molecule has 0 radical (unpaired) electrons. The van der Waals surface area contributed by atoms with Crippen molar-refractivity contribution in [1.82, 2.24) is 0 Å². The maximum absolute atomic E-state index is 11.2. The van der Waals surface area contributed by atoms with E-state index in [1.54, 1.807) is 0 Å². The van der Waals surface area contributed by atoms with Gasteiger partial charge >= 0.3 is 0 Å². The van der Waals surface area contributed by atoms with Gasteiger partial charge in [0.05, 0.1) is 10.1 Å². The lowest BCUT2D eigenvalue weighted by atomic mass is 10.2. The molecule has 0 atom stereocenters. The molecule has 78 valence electrons. The van der Waals surface area contributed by atoms with Crippen LogP contribution in [0.2, 0.25) is 0 Å². The first-order chi connectivity index (χ1) is 6.95. The second-order valence-corrected chi connectivity index (χ2v) is 5.00. The van der Waals surface area contributed by atoms with Gasteiger partial charge in [-0.1, -0.05) is 0 Å². The number of thiocarbonyl (C=S) groups is 1. The van der Waals surface area contributed by atoms with Crippen molar-refractivity contribution in [2.24, 2.45) is 4.99 Å². The summed E-state index contributed by atoms with van der Waals surface area (Å²) in [5, 5.41) is 1.95. The number of carbonyl (C=O) groups excluding carboxylic acids is 1. The molecule has 1 amide bonds. The van der Waals surface area contributed by atoms with Crippen molar-refractivity contribution in [3.8, 4) is 0 Å². The van der Waals surface area contributed by atoms with Crippen LogP contribution in [-0.2, 0) is 9.84 Å². The monoisotopic (exact) mass is 241 g/mol. The van der Waals surface area contributed by atoms with Crippen LogP contribution in [0.1, 0.15) is 10.4 Å². The van der Waals surface area contributed by atoms with Gasteiger partial charge in [-0.25, -0.2) is 8.42 Å². The Kier molecular flexibility index (Phi) is 3.47. The van der Waals surface area contributed by atoms with Crippen LogP contribution in [0.3, 0.4) is 0 Å². The Morgan fingerprint density at radius 3 is 2.27 bits per heavy atom. The fourth-order valence-electron chi connectivity index (χ4n) is 0.951.